The topological polar surface area (TPSA) is 30.5 Å². The molecule has 1 N–H and O–H groups in total. The van der Waals surface area contributed by atoms with E-state index >= 15 is 0 Å². The first kappa shape index (κ1) is 14.2. The average molecular weight is 263 g/mol. The van der Waals surface area contributed by atoms with E-state index in [0.717, 1.165) is 31.0 Å². The molecule has 1 heterocycles. The van der Waals surface area contributed by atoms with E-state index < -0.39 is 0 Å². The number of hydrogen-bond acceptors (Lipinski definition) is 3. The molecule has 0 bridgehead atoms. The lowest BCUT2D eigenvalue weighted by Crippen LogP contribution is -2.45. The molecule has 3 nitrogen and oxygen atoms in total. The van der Waals surface area contributed by atoms with Crippen LogP contribution in [0.2, 0.25) is 0 Å². The average Bonchev–Trinajstić information content (AvgIpc) is 2.43. The second-order valence-corrected chi connectivity index (χ2v) is 5.54. The number of rotatable bonds is 4. The zero-order valence-electron chi connectivity index (χ0n) is 12.5. The standard InChI is InChI=1S/C16H25NO2/c1-5-19-15-13(7-6-8-14(15)18-4)16(3)9-10-17-11-12(16)2/h6-8,12,17H,5,9-11H2,1-4H3. The van der Waals surface area contributed by atoms with Crippen LogP contribution in [0.25, 0.3) is 0 Å². The van der Waals surface area contributed by atoms with Crippen LogP contribution in [0.1, 0.15) is 32.8 Å². The maximum absolute atomic E-state index is 5.88. The lowest BCUT2D eigenvalue weighted by atomic mass is 9.68. The SMILES string of the molecule is CCOc1c(OC)cccc1C1(C)CCNCC1C. The second-order valence-electron chi connectivity index (χ2n) is 5.54. The molecule has 1 aliphatic heterocycles. The third kappa shape index (κ3) is 2.57. The van der Waals surface area contributed by atoms with Crippen LogP contribution < -0.4 is 14.8 Å². The molecule has 0 radical (unpaired) electrons. The van der Waals surface area contributed by atoms with Crippen molar-refractivity contribution in [3.63, 3.8) is 0 Å². The Morgan fingerprint density at radius 2 is 2.21 bits per heavy atom. The van der Waals surface area contributed by atoms with E-state index in [1.165, 1.54) is 5.56 Å². The summed E-state index contributed by atoms with van der Waals surface area (Å²) in [5.41, 5.74) is 1.42. The molecule has 1 aromatic carbocycles. The summed E-state index contributed by atoms with van der Waals surface area (Å²) in [6.07, 6.45) is 1.13. The fourth-order valence-electron chi connectivity index (χ4n) is 2.96. The van der Waals surface area contributed by atoms with Crippen molar-refractivity contribution in [1.29, 1.82) is 0 Å². The lowest BCUT2D eigenvalue weighted by Gasteiger charge is -2.41. The number of para-hydroxylation sites is 1. The van der Waals surface area contributed by atoms with Crippen LogP contribution in [0.5, 0.6) is 11.5 Å². The summed E-state index contributed by atoms with van der Waals surface area (Å²) >= 11 is 0. The molecule has 1 fully saturated rings. The van der Waals surface area contributed by atoms with Gasteiger partial charge in [0.2, 0.25) is 0 Å². The summed E-state index contributed by atoms with van der Waals surface area (Å²) in [4.78, 5) is 0. The zero-order valence-corrected chi connectivity index (χ0v) is 12.5. The largest absolute Gasteiger partial charge is 0.493 e. The molecule has 0 aliphatic carbocycles. The number of benzene rings is 1. The van der Waals surface area contributed by atoms with Gasteiger partial charge in [-0.15, -0.1) is 0 Å². The van der Waals surface area contributed by atoms with E-state index in [1.807, 2.05) is 13.0 Å². The first-order chi connectivity index (χ1) is 9.13. The van der Waals surface area contributed by atoms with Crippen LogP contribution >= 0.6 is 0 Å². The van der Waals surface area contributed by atoms with E-state index in [9.17, 15) is 0 Å². The zero-order chi connectivity index (χ0) is 13.9. The van der Waals surface area contributed by atoms with Crippen molar-refractivity contribution >= 4 is 0 Å². The Morgan fingerprint density at radius 3 is 2.84 bits per heavy atom. The molecule has 106 valence electrons. The monoisotopic (exact) mass is 263 g/mol. The van der Waals surface area contributed by atoms with Crippen molar-refractivity contribution in [2.45, 2.75) is 32.6 Å². The summed E-state index contributed by atoms with van der Waals surface area (Å²) in [5, 5.41) is 3.47. The van der Waals surface area contributed by atoms with Crippen molar-refractivity contribution in [1.82, 2.24) is 5.32 Å². The summed E-state index contributed by atoms with van der Waals surface area (Å²) in [6.45, 7) is 9.44. The predicted molar refractivity (Wildman–Crippen MR) is 78.2 cm³/mol. The van der Waals surface area contributed by atoms with Crippen molar-refractivity contribution in [2.75, 3.05) is 26.8 Å². The minimum Gasteiger partial charge on any atom is -0.493 e. The van der Waals surface area contributed by atoms with Gasteiger partial charge < -0.3 is 14.8 Å². The summed E-state index contributed by atoms with van der Waals surface area (Å²) < 4.78 is 11.3. The van der Waals surface area contributed by atoms with Crippen molar-refractivity contribution in [2.24, 2.45) is 5.92 Å². The van der Waals surface area contributed by atoms with Gasteiger partial charge in [0.15, 0.2) is 11.5 Å². The van der Waals surface area contributed by atoms with Gasteiger partial charge in [0.1, 0.15) is 0 Å². The quantitative estimate of drug-likeness (QED) is 0.906. The summed E-state index contributed by atoms with van der Waals surface area (Å²) in [7, 11) is 1.70. The third-order valence-corrected chi connectivity index (χ3v) is 4.46. The molecule has 1 saturated heterocycles. The molecule has 0 aromatic heterocycles. The van der Waals surface area contributed by atoms with Crippen molar-refractivity contribution < 1.29 is 9.47 Å². The molecule has 0 spiro atoms. The van der Waals surface area contributed by atoms with E-state index in [-0.39, 0.29) is 5.41 Å². The highest BCUT2D eigenvalue weighted by molar-refractivity contribution is 5.50. The summed E-state index contributed by atoms with van der Waals surface area (Å²) in [6, 6.07) is 6.23. The van der Waals surface area contributed by atoms with Gasteiger partial charge in [0.25, 0.3) is 0 Å². The molecule has 2 atom stereocenters. The molecule has 2 rings (SSSR count). The number of ether oxygens (including phenoxy) is 2. The van der Waals surface area contributed by atoms with Gasteiger partial charge in [-0.25, -0.2) is 0 Å². The molecule has 2 unspecified atom stereocenters. The Labute approximate surface area is 116 Å². The maximum atomic E-state index is 5.88. The van der Waals surface area contributed by atoms with Gasteiger partial charge >= 0.3 is 0 Å². The lowest BCUT2D eigenvalue weighted by molar-refractivity contribution is 0.223. The molecule has 1 aromatic rings. The van der Waals surface area contributed by atoms with E-state index in [2.05, 4.69) is 31.3 Å². The normalized spacial score (nSPS) is 27.1. The highest BCUT2D eigenvalue weighted by Gasteiger charge is 2.38. The van der Waals surface area contributed by atoms with E-state index in [4.69, 9.17) is 9.47 Å². The van der Waals surface area contributed by atoms with Crippen molar-refractivity contribution in [3.05, 3.63) is 23.8 Å². The Balaban J connectivity index is 2.47. The summed E-state index contributed by atoms with van der Waals surface area (Å²) in [5.74, 6) is 2.34. The number of hydrogen-bond donors (Lipinski definition) is 1. The van der Waals surface area contributed by atoms with E-state index in [1.54, 1.807) is 7.11 Å². The molecule has 1 aliphatic rings. The van der Waals surface area contributed by atoms with Gasteiger partial charge in [-0.05, 0) is 38.4 Å². The fourth-order valence-corrected chi connectivity index (χ4v) is 2.96. The van der Waals surface area contributed by atoms with Crippen LogP contribution in [0, 0.1) is 5.92 Å². The molecule has 0 amide bonds. The van der Waals surface area contributed by atoms with E-state index in [0.29, 0.717) is 12.5 Å². The minimum absolute atomic E-state index is 0.143. The molecular formula is C16H25NO2. The van der Waals surface area contributed by atoms with Gasteiger partial charge in [-0.1, -0.05) is 26.0 Å². The van der Waals surface area contributed by atoms with Gasteiger partial charge in [0, 0.05) is 11.0 Å². The van der Waals surface area contributed by atoms with Crippen LogP contribution in [0.3, 0.4) is 0 Å². The second kappa shape index (κ2) is 5.83. The fraction of sp³-hybridized carbons (Fsp3) is 0.625. The number of methoxy groups -OCH3 is 1. The minimum atomic E-state index is 0.143. The van der Waals surface area contributed by atoms with Crippen LogP contribution in [0.15, 0.2) is 18.2 Å². The van der Waals surface area contributed by atoms with Gasteiger partial charge in [-0.3, -0.25) is 0 Å². The van der Waals surface area contributed by atoms with Crippen LogP contribution in [-0.4, -0.2) is 26.8 Å². The van der Waals surface area contributed by atoms with Gasteiger partial charge in [-0.2, -0.15) is 0 Å². The molecule has 0 saturated carbocycles. The number of nitrogens with one attached hydrogen (secondary N) is 1. The van der Waals surface area contributed by atoms with Crippen LogP contribution in [0.4, 0.5) is 0 Å². The first-order valence-electron chi connectivity index (χ1n) is 7.14. The highest BCUT2D eigenvalue weighted by Crippen LogP contribution is 2.45. The first-order valence-corrected chi connectivity index (χ1v) is 7.14. The smallest absolute Gasteiger partial charge is 0.164 e. The maximum Gasteiger partial charge on any atom is 0.164 e. The molecule has 3 heteroatoms. The molecular weight excluding hydrogens is 238 g/mol. The van der Waals surface area contributed by atoms with Gasteiger partial charge in [0.05, 0.1) is 13.7 Å². The molecule has 19 heavy (non-hydrogen) atoms. The Morgan fingerprint density at radius 1 is 1.42 bits per heavy atom. The predicted octanol–water partition coefficient (Wildman–Crippen LogP) is 2.98. The Kier molecular flexibility index (Phi) is 4.35. The Bertz CT molecular complexity index is 433. The highest BCUT2D eigenvalue weighted by atomic mass is 16.5. The Hall–Kier alpha value is -1.22. The third-order valence-electron chi connectivity index (χ3n) is 4.46. The number of piperidine rings is 1. The van der Waals surface area contributed by atoms with Crippen molar-refractivity contribution in [3.8, 4) is 11.5 Å². The van der Waals surface area contributed by atoms with Crippen LogP contribution in [-0.2, 0) is 5.41 Å².